The molecular formula is C14H28N2O2S2. The second kappa shape index (κ2) is 10.4. The van der Waals surface area contributed by atoms with Gasteiger partial charge in [-0.1, -0.05) is 28.5 Å². The van der Waals surface area contributed by atoms with Crippen molar-refractivity contribution in [3.8, 4) is 0 Å². The van der Waals surface area contributed by atoms with E-state index < -0.39 is 0 Å². The van der Waals surface area contributed by atoms with Crippen molar-refractivity contribution in [1.82, 2.24) is 10.6 Å². The molecular weight excluding hydrogens is 292 g/mol. The highest BCUT2D eigenvalue weighted by atomic mass is 33.1. The van der Waals surface area contributed by atoms with Crippen LogP contribution in [-0.4, -0.2) is 34.9 Å². The Bertz CT molecular complexity index is 310. The van der Waals surface area contributed by atoms with E-state index in [1.165, 1.54) is 0 Å². The van der Waals surface area contributed by atoms with Gasteiger partial charge in [0.2, 0.25) is 11.8 Å². The summed E-state index contributed by atoms with van der Waals surface area (Å²) >= 11 is 0. The molecule has 0 aromatic heterocycles. The summed E-state index contributed by atoms with van der Waals surface area (Å²) in [7, 11) is 3.24. The lowest BCUT2D eigenvalue weighted by molar-refractivity contribution is -0.121. The maximum Gasteiger partial charge on any atom is 0.231 e. The molecule has 0 radical (unpaired) electrons. The summed E-state index contributed by atoms with van der Waals surface area (Å²) in [6.45, 7) is 10.9. The molecule has 0 aliphatic carbocycles. The zero-order valence-electron chi connectivity index (χ0n) is 13.2. The Morgan fingerprint density at radius 3 is 2.40 bits per heavy atom. The minimum atomic E-state index is -0.00754. The van der Waals surface area contributed by atoms with Gasteiger partial charge in [-0.25, -0.2) is 0 Å². The predicted octanol–water partition coefficient (Wildman–Crippen LogP) is 2.98. The average Bonchev–Trinajstić information content (AvgIpc) is 2.36. The number of carbonyl (C=O) groups is 2. The first-order valence-electron chi connectivity index (χ1n) is 7.17. The van der Waals surface area contributed by atoms with Crippen LogP contribution in [-0.2, 0) is 9.59 Å². The summed E-state index contributed by atoms with van der Waals surface area (Å²) in [5.41, 5.74) is 0. The van der Waals surface area contributed by atoms with E-state index in [0.29, 0.717) is 18.7 Å². The number of nitrogens with one attached hydrogen (secondary N) is 2. The third kappa shape index (κ3) is 10.4. The third-order valence-electron chi connectivity index (χ3n) is 2.82. The number of hydrogen-bond acceptors (Lipinski definition) is 4. The van der Waals surface area contributed by atoms with Crippen molar-refractivity contribution in [3.63, 3.8) is 0 Å². The number of amides is 2. The van der Waals surface area contributed by atoms with Gasteiger partial charge in [0.1, 0.15) is 0 Å². The topological polar surface area (TPSA) is 58.2 Å². The molecule has 0 aliphatic rings. The van der Waals surface area contributed by atoms with Crippen molar-refractivity contribution < 1.29 is 9.59 Å². The van der Waals surface area contributed by atoms with Gasteiger partial charge in [0.05, 0.1) is 5.75 Å². The molecule has 118 valence electrons. The lowest BCUT2D eigenvalue weighted by Gasteiger charge is -2.22. The summed E-state index contributed by atoms with van der Waals surface area (Å²) in [4.78, 5) is 23.1. The monoisotopic (exact) mass is 320 g/mol. The predicted molar refractivity (Wildman–Crippen MR) is 89.9 cm³/mol. The summed E-state index contributed by atoms with van der Waals surface area (Å²) in [5, 5.41) is 5.75. The van der Waals surface area contributed by atoms with Gasteiger partial charge in [-0.05, 0) is 40.5 Å². The van der Waals surface area contributed by atoms with Crippen LogP contribution >= 0.6 is 21.6 Å². The smallest absolute Gasteiger partial charge is 0.231 e. The van der Waals surface area contributed by atoms with Gasteiger partial charge in [-0.2, -0.15) is 0 Å². The van der Waals surface area contributed by atoms with Gasteiger partial charge in [-0.15, -0.1) is 0 Å². The SMILES string of the molecule is CCNC(=O)CCC(C)(C)SSCC(=O)NC(C)CC. The Morgan fingerprint density at radius 1 is 1.20 bits per heavy atom. The Hall–Kier alpha value is -0.360. The van der Waals surface area contributed by atoms with E-state index in [9.17, 15) is 9.59 Å². The van der Waals surface area contributed by atoms with E-state index in [1.54, 1.807) is 21.6 Å². The molecule has 2 amide bonds. The van der Waals surface area contributed by atoms with Crippen molar-refractivity contribution >= 4 is 33.4 Å². The van der Waals surface area contributed by atoms with Crippen LogP contribution in [0.5, 0.6) is 0 Å². The maximum absolute atomic E-state index is 11.6. The van der Waals surface area contributed by atoms with Gasteiger partial charge in [-0.3, -0.25) is 9.59 Å². The number of hydrogen-bond donors (Lipinski definition) is 2. The van der Waals surface area contributed by atoms with Crippen molar-refractivity contribution in [3.05, 3.63) is 0 Å². The number of carbonyl (C=O) groups excluding carboxylic acids is 2. The molecule has 0 saturated carbocycles. The first-order chi connectivity index (χ1) is 9.30. The first kappa shape index (κ1) is 19.6. The molecule has 0 aromatic carbocycles. The normalized spacial score (nSPS) is 12.8. The Morgan fingerprint density at radius 2 is 1.85 bits per heavy atom. The molecule has 6 heteroatoms. The van der Waals surface area contributed by atoms with Crippen LogP contribution in [0.3, 0.4) is 0 Å². The third-order valence-corrected chi connectivity index (χ3v) is 6.04. The lowest BCUT2D eigenvalue weighted by atomic mass is 10.1. The van der Waals surface area contributed by atoms with E-state index in [1.807, 2.05) is 13.8 Å². The van der Waals surface area contributed by atoms with E-state index >= 15 is 0 Å². The summed E-state index contributed by atoms with van der Waals surface area (Å²) in [5.74, 6) is 0.636. The molecule has 1 unspecified atom stereocenters. The maximum atomic E-state index is 11.6. The fraction of sp³-hybridized carbons (Fsp3) is 0.857. The van der Waals surface area contributed by atoms with Crippen molar-refractivity contribution in [2.75, 3.05) is 12.3 Å². The minimum Gasteiger partial charge on any atom is -0.356 e. The van der Waals surface area contributed by atoms with Crippen LogP contribution in [0.4, 0.5) is 0 Å². The van der Waals surface area contributed by atoms with E-state index in [4.69, 9.17) is 0 Å². The van der Waals surface area contributed by atoms with Crippen molar-refractivity contribution in [2.45, 2.75) is 64.7 Å². The van der Waals surface area contributed by atoms with Crippen molar-refractivity contribution in [2.24, 2.45) is 0 Å². The van der Waals surface area contributed by atoms with Crippen LogP contribution in [0.25, 0.3) is 0 Å². The average molecular weight is 321 g/mol. The summed E-state index contributed by atoms with van der Waals surface area (Å²) in [6.07, 6.45) is 2.29. The van der Waals surface area contributed by atoms with E-state index in [2.05, 4.69) is 31.4 Å². The molecule has 0 spiro atoms. The zero-order valence-corrected chi connectivity index (χ0v) is 14.9. The fourth-order valence-corrected chi connectivity index (χ4v) is 3.86. The second-order valence-corrected chi connectivity index (χ2v) is 8.44. The molecule has 20 heavy (non-hydrogen) atoms. The Labute approximate surface area is 131 Å². The first-order valence-corrected chi connectivity index (χ1v) is 9.49. The van der Waals surface area contributed by atoms with E-state index in [-0.39, 0.29) is 22.6 Å². The molecule has 4 nitrogen and oxygen atoms in total. The molecule has 0 aliphatic heterocycles. The molecule has 0 bridgehead atoms. The van der Waals surface area contributed by atoms with Crippen molar-refractivity contribution in [1.29, 1.82) is 0 Å². The quantitative estimate of drug-likeness (QED) is 0.608. The standard InChI is InChI=1S/C14H28N2O2S2/c1-6-11(3)16-13(18)10-19-20-14(4,5)9-8-12(17)15-7-2/h11H,6-10H2,1-5H3,(H,15,17)(H,16,18). The molecule has 2 N–H and O–H groups in total. The van der Waals surface area contributed by atoms with Crippen LogP contribution < -0.4 is 10.6 Å². The Kier molecular flexibility index (Phi) is 10.2. The largest absolute Gasteiger partial charge is 0.356 e. The van der Waals surface area contributed by atoms with Gasteiger partial charge < -0.3 is 10.6 Å². The van der Waals surface area contributed by atoms with Gasteiger partial charge in [0.15, 0.2) is 0 Å². The van der Waals surface area contributed by atoms with Crippen LogP contribution in [0.15, 0.2) is 0 Å². The summed E-state index contributed by atoms with van der Waals surface area (Å²) < 4.78 is -0.00754. The Balaban J connectivity index is 3.86. The second-order valence-electron chi connectivity index (χ2n) is 5.44. The van der Waals surface area contributed by atoms with Gasteiger partial charge >= 0.3 is 0 Å². The minimum absolute atomic E-state index is 0.00754. The lowest BCUT2D eigenvalue weighted by Crippen LogP contribution is -2.33. The molecule has 0 fully saturated rings. The van der Waals surface area contributed by atoms with Crippen LogP contribution in [0.2, 0.25) is 0 Å². The fourth-order valence-electron chi connectivity index (χ4n) is 1.40. The van der Waals surface area contributed by atoms with E-state index in [0.717, 1.165) is 12.8 Å². The van der Waals surface area contributed by atoms with Gasteiger partial charge in [0.25, 0.3) is 0 Å². The highest BCUT2D eigenvalue weighted by Gasteiger charge is 2.21. The van der Waals surface area contributed by atoms with Crippen LogP contribution in [0.1, 0.15) is 53.9 Å². The highest BCUT2D eigenvalue weighted by Crippen LogP contribution is 2.38. The molecule has 1 atom stereocenters. The summed E-state index contributed by atoms with van der Waals surface area (Å²) in [6, 6.07) is 0.235. The molecule has 0 rings (SSSR count). The van der Waals surface area contributed by atoms with Gasteiger partial charge in [0, 0.05) is 23.8 Å². The highest BCUT2D eigenvalue weighted by molar-refractivity contribution is 8.77. The van der Waals surface area contributed by atoms with Crippen LogP contribution in [0, 0.1) is 0 Å². The number of rotatable bonds is 10. The molecule has 0 saturated heterocycles. The molecule has 0 heterocycles. The zero-order chi connectivity index (χ0) is 15.6. The molecule has 0 aromatic rings.